The Morgan fingerprint density at radius 1 is 1.45 bits per heavy atom. The number of hydrogen-bond donors (Lipinski definition) is 1. The van der Waals surface area contributed by atoms with Crippen LogP contribution in [0, 0.1) is 0 Å². The van der Waals surface area contributed by atoms with Crippen molar-refractivity contribution < 1.29 is 5.11 Å². The average molecular weight is 148 g/mol. The highest BCUT2D eigenvalue weighted by atomic mass is 16.3. The molecule has 0 aromatic carbocycles. The predicted octanol–water partition coefficient (Wildman–Crippen LogP) is 1.95. The minimum absolute atomic E-state index is 0.338. The molecule has 0 radical (unpaired) electrons. The van der Waals surface area contributed by atoms with Gasteiger partial charge in [0.1, 0.15) is 0 Å². The fourth-order valence-corrected chi connectivity index (χ4v) is 1.70. The van der Waals surface area contributed by atoms with Crippen LogP contribution in [0.5, 0.6) is 0 Å². The molecule has 0 saturated heterocycles. The van der Waals surface area contributed by atoms with Crippen molar-refractivity contribution in [1.82, 2.24) is 0 Å². The zero-order valence-electron chi connectivity index (χ0n) is 6.46. The normalized spacial score (nSPS) is 29.0. The first-order valence-electron chi connectivity index (χ1n) is 4.14. The molecule has 0 saturated carbocycles. The molecule has 1 heteroatoms. The van der Waals surface area contributed by atoms with Gasteiger partial charge >= 0.3 is 0 Å². The summed E-state index contributed by atoms with van der Waals surface area (Å²) in [5, 5.41) is 9.51. The van der Waals surface area contributed by atoms with Gasteiger partial charge in [-0.25, -0.2) is 0 Å². The van der Waals surface area contributed by atoms with Gasteiger partial charge in [0.15, 0.2) is 0 Å². The Labute approximate surface area is 66.7 Å². The Morgan fingerprint density at radius 2 is 2.36 bits per heavy atom. The van der Waals surface area contributed by atoms with Crippen molar-refractivity contribution in [1.29, 1.82) is 0 Å². The molecule has 0 amide bonds. The van der Waals surface area contributed by atoms with E-state index in [-0.39, 0.29) is 6.10 Å². The molecule has 1 atom stereocenters. The highest BCUT2D eigenvalue weighted by Crippen LogP contribution is 2.29. The summed E-state index contributed by atoms with van der Waals surface area (Å²) < 4.78 is 0. The van der Waals surface area contributed by atoms with E-state index in [1.54, 1.807) is 0 Å². The summed E-state index contributed by atoms with van der Waals surface area (Å²) in [6, 6.07) is 0. The van der Waals surface area contributed by atoms with Crippen molar-refractivity contribution in [2.75, 3.05) is 0 Å². The lowest BCUT2D eigenvalue weighted by molar-refractivity contribution is 0.258. The van der Waals surface area contributed by atoms with Crippen LogP contribution >= 0.6 is 0 Å². The maximum absolute atomic E-state index is 9.51. The largest absolute Gasteiger partial charge is 0.384 e. The Bertz CT molecular complexity index is 246. The predicted molar refractivity (Wildman–Crippen MR) is 45.2 cm³/mol. The molecule has 1 N–H and O–H groups in total. The highest BCUT2D eigenvalue weighted by Gasteiger charge is 2.17. The van der Waals surface area contributed by atoms with Crippen LogP contribution < -0.4 is 0 Å². The summed E-state index contributed by atoms with van der Waals surface area (Å²) in [6.07, 6.45) is 11.2. The van der Waals surface area contributed by atoms with Gasteiger partial charge in [-0.05, 0) is 30.4 Å². The zero-order chi connectivity index (χ0) is 7.68. The minimum Gasteiger partial charge on any atom is -0.384 e. The van der Waals surface area contributed by atoms with E-state index in [1.807, 2.05) is 12.2 Å². The molecule has 2 aliphatic rings. The maximum atomic E-state index is 9.51. The Hall–Kier alpha value is -0.820. The third-order valence-corrected chi connectivity index (χ3v) is 2.29. The molecule has 0 aliphatic heterocycles. The van der Waals surface area contributed by atoms with Gasteiger partial charge in [-0.15, -0.1) is 0 Å². The van der Waals surface area contributed by atoms with E-state index < -0.39 is 0 Å². The van der Waals surface area contributed by atoms with Crippen LogP contribution in [0.2, 0.25) is 0 Å². The second kappa shape index (κ2) is 2.67. The van der Waals surface area contributed by atoms with E-state index in [9.17, 15) is 5.11 Å². The average Bonchev–Trinajstić information content (AvgIpc) is 2.06. The van der Waals surface area contributed by atoms with Crippen LogP contribution in [0.1, 0.15) is 19.3 Å². The maximum Gasteiger partial charge on any atom is 0.0974 e. The number of fused-ring (bicyclic) bond motifs is 1. The molecule has 2 aliphatic carbocycles. The van der Waals surface area contributed by atoms with Crippen LogP contribution in [0.25, 0.3) is 0 Å². The van der Waals surface area contributed by atoms with Crippen LogP contribution in [0.4, 0.5) is 0 Å². The molecule has 0 heterocycles. The fraction of sp³-hybridized carbons (Fsp3) is 0.400. The first-order valence-corrected chi connectivity index (χ1v) is 4.14. The molecule has 0 spiro atoms. The molecule has 1 nitrogen and oxygen atoms in total. The van der Waals surface area contributed by atoms with Crippen molar-refractivity contribution in [3.63, 3.8) is 0 Å². The molecule has 11 heavy (non-hydrogen) atoms. The number of allylic oxidation sites excluding steroid dienone is 3. The summed E-state index contributed by atoms with van der Waals surface area (Å²) >= 11 is 0. The summed E-state index contributed by atoms with van der Waals surface area (Å²) in [4.78, 5) is 0. The number of aliphatic hydroxyl groups is 1. The standard InChI is InChI=1S/C10H12O/c11-10-7-3-5-8-4-1-2-6-9(8)10/h3,5-7,10-11H,1-2,4H2. The molecule has 0 bridgehead atoms. The topological polar surface area (TPSA) is 20.2 Å². The van der Waals surface area contributed by atoms with E-state index in [2.05, 4.69) is 12.2 Å². The third-order valence-electron chi connectivity index (χ3n) is 2.29. The van der Waals surface area contributed by atoms with Gasteiger partial charge < -0.3 is 5.11 Å². The molecular weight excluding hydrogens is 136 g/mol. The lowest BCUT2D eigenvalue weighted by Crippen LogP contribution is -2.13. The highest BCUT2D eigenvalue weighted by molar-refractivity contribution is 5.44. The van der Waals surface area contributed by atoms with Crippen LogP contribution in [0.15, 0.2) is 35.5 Å². The van der Waals surface area contributed by atoms with E-state index in [4.69, 9.17) is 0 Å². The molecule has 0 aromatic rings. The van der Waals surface area contributed by atoms with E-state index >= 15 is 0 Å². The van der Waals surface area contributed by atoms with Gasteiger partial charge in [-0.1, -0.05) is 24.3 Å². The van der Waals surface area contributed by atoms with Gasteiger partial charge in [0.25, 0.3) is 0 Å². The summed E-state index contributed by atoms with van der Waals surface area (Å²) in [7, 11) is 0. The van der Waals surface area contributed by atoms with Crippen molar-refractivity contribution in [3.05, 3.63) is 35.5 Å². The van der Waals surface area contributed by atoms with Crippen LogP contribution in [-0.2, 0) is 0 Å². The number of rotatable bonds is 0. The Morgan fingerprint density at radius 3 is 3.18 bits per heavy atom. The first-order chi connectivity index (χ1) is 5.38. The van der Waals surface area contributed by atoms with E-state index in [1.165, 1.54) is 12.0 Å². The quantitative estimate of drug-likeness (QED) is 0.556. The molecule has 0 fully saturated rings. The lowest BCUT2D eigenvalue weighted by Gasteiger charge is -2.21. The first kappa shape index (κ1) is 6.86. The summed E-state index contributed by atoms with van der Waals surface area (Å²) in [6.45, 7) is 0. The third kappa shape index (κ3) is 1.16. The van der Waals surface area contributed by atoms with Gasteiger partial charge in [-0.2, -0.15) is 0 Å². The number of hydrogen-bond acceptors (Lipinski definition) is 1. The summed E-state index contributed by atoms with van der Waals surface area (Å²) in [5.74, 6) is 0. The smallest absolute Gasteiger partial charge is 0.0974 e. The molecule has 1 unspecified atom stereocenters. The second-order valence-electron chi connectivity index (χ2n) is 3.07. The van der Waals surface area contributed by atoms with Crippen LogP contribution in [0.3, 0.4) is 0 Å². The van der Waals surface area contributed by atoms with Gasteiger partial charge in [0.2, 0.25) is 0 Å². The van der Waals surface area contributed by atoms with Crippen LogP contribution in [-0.4, -0.2) is 11.2 Å². The van der Waals surface area contributed by atoms with Crippen molar-refractivity contribution >= 4 is 0 Å². The SMILES string of the molecule is OC1C=CC=C2CCCC=C21. The zero-order valence-corrected chi connectivity index (χ0v) is 6.46. The minimum atomic E-state index is -0.338. The monoisotopic (exact) mass is 148 g/mol. The fourth-order valence-electron chi connectivity index (χ4n) is 1.70. The van der Waals surface area contributed by atoms with Gasteiger partial charge in [-0.3, -0.25) is 0 Å². The second-order valence-corrected chi connectivity index (χ2v) is 3.07. The molecular formula is C10H12O. The van der Waals surface area contributed by atoms with Crippen molar-refractivity contribution in [2.24, 2.45) is 0 Å². The van der Waals surface area contributed by atoms with E-state index in [0.717, 1.165) is 18.4 Å². The van der Waals surface area contributed by atoms with E-state index in [0.29, 0.717) is 0 Å². The van der Waals surface area contributed by atoms with Crippen molar-refractivity contribution in [3.8, 4) is 0 Å². The Kier molecular flexibility index (Phi) is 1.66. The molecule has 0 aromatic heterocycles. The summed E-state index contributed by atoms with van der Waals surface area (Å²) in [5.41, 5.74) is 2.46. The number of aliphatic hydroxyl groups excluding tert-OH is 1. The Balaban J connectivity index is 2.35. The lowest BCUT2D eigenvalue weighted by atomic mass is 9.87. The van der Waals surface area contributed by atoms with Gasteiger partial charge in [0.05, 0.1) is 6.10 Å². The molecule has 2 rings (SSSR count). The van der Waals surface area contributed by atoms with Crippen molar-refractivity contribution in [2.45, 2.75) is 25.4 Å². The van der Waals surface area contributed by atoms with Gasteiger partial charge in [0, 0.05) is 0 Å². The molecule has 58 valence electrons.